The topological polar surface area (TPSA) is 120 Å². The van der Waals surface area contributed by atoms with E-state index >= 15 is 0 Å². The van der Waals surface area contributed by atoms with E-state index in [-0.39, 0.29) is 42.6 Å². The maximum atomic E-state index is 13.6. The van der Waals surface area contributed by atoms with Crippen LogP contribution in [0.2, 0.25) is 0 Å². The van der Waals surface area contributed by atoms with E-state index in [1.165, 1.54) is 0 Å². The average Bonchev–Trinajstić information content (AvgIpc) is 3.28. The van der Waals surface area contributed by atoms with Crippen molar-refractivity contribution in [2.24, 2.45) is 17.3 Å². The van der Waals surface area contributed by atoms with Gasteiger partial charge in [-0.15, -0.1) is 0 Å². The van der Waals surface area contributed by atoms with Crippen LogP contribution in [0.4, 0.5) is 0 Å². The van der Waals surface area contributed by atoms with Gasteiger partial charge in [0.2, 0.25) is 11.8 Å². The summed E-state index contributed by atoms with van der Waals surface area (Å²) in [5.74, 6) is -1.72. The fraction of sp³-hybridized carbons (Fsp3) is 0.852. The van der Waals surface area contributed by atoms with Crippen LogP contribution in [0.15, 0.2) is 0 Å². The zero-order valence-electron chi connectivity index (χ0n) is 22.8. The van der Waals surface area contributed by atoms with Gasteiger partial charge in [-0.3, -0.25) is 19.2 Å². The standard InChI is InChI=1S/C27H46N2O7/c1-6-35-23(31)19-9-11-21(12-10-19)29-25(33)27(13-7-8-14-27)18-20(24(32)36-26(2,3)4)17-22(30)28-15-16-34-5/h19-21H,6-18H2,1-5H3,(H,28,30)(H,29,33)/t19-,20?,21+. The first-order valence-corrected chi connectivity index (χ1v) is 13.5. The highest BCUT2D eigenvalue weighted by atomic mass is 16.6. The molecule has 2 aliphatic rings. The van der Waals surface area contributed by atoms with Crippen LogP contribution in [0.25, 0.3) is 0 Å². The number of carbonyl (C=O) groups is 4. The van der Waals surface area contributed by atoms with Crippen LogP contribution >= 0.6 is 0 Å². The van der Waals surface area contributed by atoms with Crippen LogP contribution in [0, 0.1) is 17.3 Å². The van der Waals surface area contributed by atoms with Crippen molar-refractivity contribution in [3.05, 3.63) is 0 Å². The monoisotopic (exact) mass is 510 g/mol. The summed E-state index contributed by atoms with van der Waals surface area (Å²) in [5, 5.41) is 6.00. The van der Waals surface area contributed by atoms with E-state index in [0.717, 1.165) is 25.7 Å². The van der Waals surface area contributed by atoms with Gasteiger partial charge in [0.1, 0.15) is 5.60 Å². The van der Waals surface area contributed by atoms with Crippen LogP contribution in [0.5, 0.6) is 0 Å². The third-order valence-electron chi connectivity index (χ3n) is 7.16. The highest BCUT2D eigenvalue weighted by Gasteiger charge is 2.46. The summed E-state index contributed by atoms with van der Waals surface area (Å²) >= 11 is 0. The number of rotatable bonds is 12. The molecule has 2 fully saturated rings. The molecular formula is C27H46N2O7. The second kappa shape index (κ2) is 14.0. The smallest absolute Gasteiger partial charge is 0.310 e. The van der Waals surface area contributed by atoms with E-state index in [4.69, 9.17) is 14.2 Å². The Kier molecular flexibility index (Phi) is 11.7. The zero-order valence-corrected chi connectivity index (χ0v) is 22.8. The van der Waals surface area contributed by atoms with Gasteiger partial charge in [0, 0.05) is 26.1 Å². The van der Waals surface area contributed by atoms with Gasteiger partial charge < -0.3 is 24.8 Å². The van der Waals surface area contributed by atoms with E-state index in [9.17, 15) is 19.2 Å². The summed E-state index contributed by atoms with van der Waals surface area (Å²) in [6, 6.07) is -0.00188. The molecule has 9 heteroatoms. The van der Waals surface area contributed by atoms with Crippen LogP contribution in [0.3, 0.4) is 0 Å². The Labute approximate surface area is 215 Å². The first-order valence-electron chi connectivity index (χ1n) is 13.5. The molecule has 36 heavy (non-hydrogen) atoms. The van der Waals surface area contributed by atoms with Gasteiger partial charge in [-0.05, 0) is 72.6 Å². The van der Waals surface area contributed by atoms with Crippen molar-refractivity contribution in [3.63, 3.8) is 0 Å². The maximum Gasteiger partial charge on any atom is 0.310 e. The summed E-state index contributed by atoms with van der Waals surface area (Å²) in [6.07, 6.45) is 6.27. The SMILES string of the molecule is CCOC(=O)[C@H]1CC[C@@H](NC(=O)C2(CC(CC(=O)NCCOC)C(=O)OC(C)(C)C)CCCC2)CC1. The van der Waals surface area contributed by atoms with Crippen LogP contribution in [-0.2, 0) is 33.4 Å². The minimum Gasteiger partial charge on any atom is -0.466 e. The molecule has 1 atom stereocenters. The number of nitrogens with one attached hydrogen (secondary N) is 2. The molecule has 1 unspecified atom stereocenters. The van der Waals surface area contributed by atoms with Crippen molar-refractivity contribution in [2.75, 3.05) is 26.9 Å². The number of hydrogen-bond acceptors (Lipinski definition) is 7. The van der Waals surface area contributed by atoms with Crippen molar-refractivity contribution < 1.29 is 33.4 Å². The maximum absolute atomic E-state index is 13.6. The normalized spacial score (nSPS) is 22.4. The van der Waals surface area contributed by atoms with Gasteiger partial charge in [-0.25, -0.2) is 0 Å². The Morgan fingerprint density at radius 1 is 1.03 bits per heavy atom. The third-order valence-corrected chi connectivity index (χ3v) is 7.16. The molecule has 0 saturated heterocycles. The molecule has 0 bridgehead atoms. The lowest BCUT2D eigenvalue weighted by molar-refractivity contribution is -0.163. The molecule has 0 aliphatic heterocycles. The molecule has 0 aromatic rings. The predicted octanol–water partition coefficient (Wildman–Crippen LogP) is 3.29. The second-order valence-corrected chi connectivity index (χ2v) is 11.2. The van der Waals surface area contributed by atoms with Crippen molar-refractivity contribution in [1.29, 1.82) is 0 Å². The van der Waals surface area contributed by atoms with Gasteiger partial charge in [0.05, 0.1) is 30.5 Å². The molecular weight excluding hydrogens is 464 g/mol. The van der Waals surface area contributed by atoms with Crippen molar-refractivity contribution in [2.45, 2.75) is 104 Å². The summed E-state index contributed by atoms with van der Waals surface area (Å²) in [5.41, 5.74) is -1.39. The highest BCUT2D eigenvalue weighted by molar-refractivity contribution is 5.86. The van der Waals surface area contributed by atoms with E-state index < -0.39 is 22.9 Å². The van der Waals surface area contributed by atoms with Gasteiger partial charge >= 0.3 is 11.9 Å². The number of methoxy groups -OCH3 is 1. The molecule has 2 rings (SSSR count). The quantitative estimate of drug-likeness (QED) is 0.305. The first-order chi connectivity index (χ1) is 17.0. The summed E-state index contributed by atoms with van der Waals surface area (Å²) in [7, 11) is 1.56. The second-order valence-electron chi connectivity index (χ2n) is 11.2. The lowest BCUT2D eigenvalue weighted by Crippen LogP contribution is -2.48. The Morgan fingerprint density at radius 2 is 1.67 bits per heavy atom. The largest absolute Gasteiger partial charge is 0.466 e. The number of hydrogen-bond donors (Lipinski definition) is 2. The van der Waals surface area contributed by atoms with Gasteiger partial charge in [-0.2, -0.15) is 0 Å². The molecule has 2 amide bonds. The summed E-state index contributed by atoms with van der Waals surface area (Å²) in [4.78, 5) is 51.4. The Hall–Kier alpha value is -2.16. The Morgan fingerprint density at radius 3 is 2.22 bits per heavy atom. The minimum atomic E-state index is -0.713. The lowest BCUT2D eigenvalue weighted by Gasteiger charge is -2.35. The van der Waals surface area contributed by atoms with E-state index in [1.54, 1.807) is 34.8 Å². The van der Waals surface area contributed by atoms with Gasteiger partial charge in [-0.1, -0.05) is 12.8 Å². The molecule has 2 saturated carbocycles. The fourth-order valence-electron chi connectivity index (χ4n) is 5.33. The molecule has 0 radical (unpaired) electrons. The minimum absolute atomic E-state index is 0.00188. The molecule has 0 spiro atoms. The highest BCUT2D eigenvalue weighted by Crippen LogP contribution is 2.45. The molecule has 0 aromatic carbocycles. The predicted molar refractivity (Wildman–Crippen MR) is 135 cm³/mol. The third kappa shape index (κ3) is 9.37. The zero-order chi connectivity index (χ0) is 26.8. The van der Waals surface area contributed by atoms with E-state index in [1.807, 2.05) is 0 Å². The number of esters is 2. The molecule has 0 aromatic heterocycles. The van der Waals surface area contributed by atoms with Gasteiger partial charge in [0.25, 0.3) is 0 Å². The van der Waals surface area contributed by atoms with Crippen LogP contribution in [-0.4, -0.2) is 62.3 Å². The lowest BCUT2D eigenvalue weighted by atomic mass is 9.75. The average molecular weight is 511 g/mol. The van der Waals surface area contributed by atoms with Gasteiger partial charge in [0.15, 0.2) is 0 Å². The van der Waals surface area contributed by atoms with Crippen molar-refractivity contribution >= 4 is 23.8 Å². The Bertz CT molecular complexity index is 748. The Balaban J connectivity index is 2.07. The first kappa shape index (κ1) is 30.1. The fourth-order valence-corrected chi connectivity index (χ4v) is 5.33. The van der Waals surface area contributed by atoms with Crippen molar-refractivity contribution in [3.8, 4) is 0 Å². The molecule has 206 valence electrons. The van der Waals surface area contributed by atoms with Crippen LogP contribution < -0.4 is 10.6 Å². The number of carbonyl (C=O) groups excluding carboxylic acids is 4. The van der Waals surface area contributed by atoms with E-state index in [0.29, 0.717) is 45.4 Å². The molecule has 2 aliphatic carbocycles. The van der Waals surface area contributed by atoms with E-state index in [2.05, 4.69) is 10.6 Å². The molecule has 2 N–H and O–H groups in total. The summed E-state index contributed by atoms with van der Waals surface area (Å²) < 4.78 is 15.8. The number of amides is 2. The van der Waals surface area contributed by atoms with Crippen LogP contribution in [0.1, 0.15) is 91.9 Å². The molecule has 9 nitrogen and oxygen atoms in total. The summed E-state index contributed by atoms with van der Waals surface area (Å²) in [6.45, 7) is 8.31. The number of ether oxygens (including phenoxy) is 3. The van der Waals surface area contributed by atoms with Crippen molar-refractivity contribution in [1.82, 2.24) is 10.6 Å². The molecule has 0 heterocycles.